The molecule has 6 nitrogen and oxygen atoms in total. The molecule has 28 heavy (non-hydrogen) atoms. The third-order valence-electron chi connectivity index (χ3n) is 4.37. The molecule has 144 valence electrons. The van der Waals surface area contributed by atoms with E-state index >= 15 is 0 Å². The number of amides is 2. The number of hydrogen-bond acceptors (Lipinski definition) is 6. The zero-order chi connectivity index (χ0) is 19.7. The largest absolute Gasteiger partial charge is 0.480 e. The van der Waals surface area contributed by atoms with Gasteiger partial charge >= 0.3 is 0 Å². The molecule has 0 spiro atoms. The minimum absolute atomic E-state index is 0.0546. The molecule has 1 atom stereocenters. The Morgan fingerprint density at radius 2 is 2.04 bits per heavy atom. The van der Waals surface area contributed by atoms with Crippen molar-refractivity contribution in [3.8, 4) is 16.3 Å². The van der Waals surface area contributed by atoms with Gasteiger partial charge in [-0.1, -0.05) is 18.2 Å². The van der Waals surface area contributed by atoms with E-state index in [4.69, 9.17) is 4.74 Å². The van der Waals surface area contributed by atoms with Crippen LogP contribution in [0.25, 0.3) is 10.6 Å². The highest BCUT2D eigenvalue weighted by atomic mass is 32.1. The number of hydrogen-bond donors (Lipinski definition) is 2. The molecule has 1 aromatic carbocycles. The van der Waals surface area contributed by atoms with Crippen LogP contribution in [0.1, 0.15) is 22.2 Å². The first-order valence-electron chi connectivity index (χ1n) is 8.86. The maximum absolute atomic E-state index is 12.6. The zero-order valence-corrected chi connectivity index (χ0v) is 17.1. The highest BCUT2D eigenvalue weighted by molar-refractivity contribution is 7.18. The van der Waals surface area contributed by atoms with E-state index in [1.165, 1.54) is 18.3 Å². The van der Waals surface area contributed by atoms with Crippen molar-refractivity contribution >= 4 is 39.6 Å². The number of thiazole rings is 1. The van der Waals surface area contributed by atoms with Crippen LogP contribution in [0.2, 0.25) is 0 Å². The average molecular weight is 414 g/mol. The molecule has 8 heteroatoms. The number of nitrogens with one attached hydrogen (secondary N) is 2. The van der Waals surface area contributed by atoms with E-state index in [-0.39, 0.29) is 11.8 Å². The molecule has 1 unspecified atom stereocenters. The summed E-state index contributed by atoms with van der Waals surface area (Å²) in [6.07, 6.45) is 0.0347. The van der Waals surface area contributed by atoms with Crippen molar-refractivity contribution in [1.29, 1.82) is 0 Å². The van der Waals surface area contributed by atoms with Crippen LogP contribution in [-0.4, -0.2) is 22.9 Å². The Bertz CT molecular complexity index is 1020. The molecule has 1 aliphatic heterocycles. The molecule has 2 aromatic heterocycles. The molecule has 3 aromatic rings. The van der Waals surface area contributed by atoms with Crippen molar-refractivity contribution < 1.29 is 14.3 Å². The number of thiophene rings is 1. The van der Waals surface area contributed by atoms with Gasteiger partial charge in [-0.25, -0.2) is 4.98 Å². The summed E-state index contributed by atoms with van der Waals surface area (Å²) in [6, 6.07) is 11.7. The fourth-order valence-electron chi connectivity index (χ4n) is 3.00. The van der Waals surface area contributed by atoms with Crippen molar-refractivity contribution in [2.45, 2.75) is 32.9 Å². The van der Waals surface area contributed by atoms with Crippen molar-refractivity contribution in [2.75, 3.05) is 5.32 Å². The molecule has 0 fully saturated rings. The van der Waals surface area contributed by atoms with Gasteiger partial charge in [-0.15, -0.1) is 22.7 Å². The van der Waals surface area contributed by atoms with Crippen molar-refractivity contribution in [3.05, 3.63) is 51.7 Å². The van der Waals surface area contributed by atoms with Crippen molar-refractivity contribution in [3.63, 3.8) is 0 Å². The minimum Gasteiger partial charge on any atom is -0.480 e. The molecule has 4 rings (SSSR count). The summed E-state index contributed by atoms with van der Waals surface area (Å²) >= 11 is 3.03. The Morgan fingerprint density at radius 1 is 1.21 bits per heavy atom. The summed E-state index contributed by atoms with van der Waals surface area (Å²) in [4.78, 5) is 31.4. The number of anilines is 1. The summed E-state index contributed by atoms with van der Waals surface area (Å²) < 4.78 is 5.74. The molecular formula is C20H19N3O3S2. The lowest BCUT2D eigenvalue weighted by molar-refractivity contribution is -0.122. The lowest BCUT2D eigenvalue weighted by atomic mass is 10.1. The lowest BCUT2D eigenvalue weighted by Gasteiger charge is -2.09. The van der Waals surface area contributed by atoms with Crippen molar-refractivity contribution in [2.24, 2.45) is 0 Å². The van der Waals surface area contributed by atoms with Gasteiger partial charge in [0.25, 0.3) is 5.91 Å². The number of aryl methyl sites for hydroxylation is 1. The second-order valence-corrected chi connectivity index (χ2v) is 8.88. The molecule has 3 heterocycles. The summed E-state index contributed by atoms with van der Waals surface area (Å²) in [5.41, 5.74) is 1.90. The molecular weight excluding hydrogens is 394 g/mol. The first-order chi connectivity index (χ1) is 13.5. The van der Waals surface area contributed by atoms with Crippen LogP contribution in [0.5, 0.6) is 5.75 Å². The van der Waals surface area contributed by atoms with E-state index in [2.05, 4.69) is 15.6 Å². The van der Waals surface area contributed by atoms with Gasteiger partial charge in [0.05, 0.1) is 17.1 Å². The number of fused-ring (bicyclic) bond motifs is 1. The van der Waals surface area contributed by atoms with E-state index in [1.807, 2.05) is 43.3 Å². The molecule has 0 saturated heterocycles. The second kappa shape index (κ2) is 7.73. The number of aromatic nitrogens is 1. The standard InChI is InChI=1S/C20H19N3O3S2/c1-11-18(17-8-7-14(28-17)10-21-12(2)24)22-20(27-11)23-19(25)16-9-13-5-3-4-6-15(13)26-16/h3-8,16H,9-10H2,1-2H3,(H,21,24)(H,22,23,25). The summed E-state index contributed by atoms with van der Waals surface area (Å²) in [7, 11) is 0. The van der Waals surface area contributed by atoms with Gasteiger partial charge in [-0.2, -0.15) is 0 Å². The number of benzene rings is 1. The molecule has 1 aliphatic rings. The van der Waals surface area contributed by atoms with Crippen LogP contribution in [0.15, 0.2) is 36.4 Å². The molecule has 0 bridgehead atoms. The minimum atomic E-state index is -0.531. The number of para-hydroxylation sites is 1. The number of carbonyl (C=O) groups is 2. The first-order valence-corrected chi connectivity index (χ1v) is 10.5. The predicted octanol–water partition coefficient (Wildman–Crippen LogP) is 3.76. The number of carbonyl (C=O) groups excluding carboxylic acids is 2. The van der Waals surface area contributed by atoms with E-state index in [0.29, 0.717) is 18.1 Å². The van der Waals surface area contributed by atoms with Crippen LogP contribution in [0.4, 0.5) is 5.13 Å². The number of ether oxygens (including phenoxy) is 1. The molecule has 0 saturated carbocycles. The maximum atomic E-state index is 12.6. The van der Waals surface area contributed by atoms with E-state index in [9.17, 15) is 9.59 Å². The highest BCUT2D eigenvalue weighted by Gasteiger charge is 2.29. The zero-order valence-electron chi connectivity index (χ0n) is 15.4. The quantitative estimate of drug-likeness (QED) is 0.667. The Balaban J connectivity index is 1.43. The van der Waals surface area contributed by atoms with E-state index in [1.54, 1.807) is 11.3 Å². The van der Waals surface area contributed by atoms with Crippen LogP contribution >= 0.6 is 22.7 Å². The van der Waals surface area contributed by atoms with Crippen LogP contribution < -0.4 is 15.4 Å². The third-order valence-corrected chi connectivity index (χ3v) is 6.35. The van der Waals surface area contributed by atoms with Gasteiger partial charge in [-0.05, 0) is 30.7 Å². The third kappa shape index (κ3) is 3.93. The molecule has 2 amide bonds. The second-order valence-electron chi connectivity index (χ2n) is 6.51. The SMILES string of the molecule is CC(=O)NCc1ccc(-c2nc(NC(=O)C3Cc4ccccc4O3)sc2C)s1. The highest BCUT2D eigenvalue weighted by Crippen LogP contribution is 2.35. The van der Waals surface area contributed by atoms with Gasteiger partial charge < -0.3 is 10.1 Å². The van der Waals surface area contributed by atoms with Crippen molar-refractivity contribution in [1.82, 2.24) is 10.3 Å². The summed E-state index contributed by atoms with van der Waals surface area (Å²) in [6.45, 7) is 3.99. The topological polar surface area (TPSA) is 80.3 Å². The fourth-order valence-corrected chi connectivity index (χ4v) is 4.89. The normalized spacial score (nSPS) is 15.0. The first kappa shape index (κ1) is 18.6. The van der Waals surface area contributed by atoms with E-state index in [0.717, 1.165) is 31.6 Å². The smallest absolute Gasteiger partial charge is 0.267 e. The Labute approximate surface area is 170 Å². The molecule has 0 aliphatic carbocycles. The predicted molar refractivity (Wildman–Crippen MR) is 111 cm³/mol. The van der Waals surface area contributed by atoms with Gasteiger partial charge in [0.15, 0.2) is 11.2 Å². The van der Waals surface area contributed by atoms with Crippen LogP contribution in [-0.2, 0) is 22.6 Å². The Kier molecular flexibility index (Phi) is 5.15. The average Bonchev–Trinajstić information content (AvgIpc) is 3.37. The summed E-state index contributed by atoms with van der Waals surface area (Å²) in [5.74, 6) is 0.527. The van der Waals surface area contributed by atoms with Gasteiger partial charge in [0.1, 0.15) is 5.75 Å². The van der Waals surface area contributed by atoms with Gasteiger partial charge in [-0.3, -0.25) is 14.9 Å². The fraction of sp³-hybridized carbons (Fsp3) is 0.250. The Hall–Kier alpha value is -2.71. The van der Waals surface area contributed by atoms with Crippen LogP contribution in [0.3, 0.4) is 0 Å². The number of rotatable bonds is 5. The van der Waals surface area contributed by atoms with Gasteiger partial charge in [0, 0.05) is 23.1 Å². The lowest BCUT2D eigenvalue weighted by Crippen LogP contribution is -2.31. The number of nitrogens with zero attached hydrogens (tertiary/aromatic N) is 1. The summed E-state index contributed by atoms with van der Waals surface area (Å²) in [5, 5.41) is 6.25. The monoisotopic (exact) mass is 413 g/mol. The van der Waals surface area contributed by atoms with Crippen LogP contribution in [0, 0.1) is 6.92 Å². The van der Waals surface area contributed by atoms with Gasteiger partial charge in [0.2, 0.25) is 5.91 Å². The Morgan fingerprint density at radius 3 is 2.82 bits per heavy atom. The maximum Gasteiger partial charge on any atom is 0.267 e. The molecule has 2 N–H and O–H groups in total. The molecule has 0 radical (unpaired) electrons. The van der Waals surface area contributed by atoms with E-state index < -0.39 is 6.10 Å².